The minimum atomic E-state index is -1.69. The van der Waals surface area contributed by atoms with Crippen LogP contribution in [0.4, 0.5) is 10.3 Å². The van der Waals surface area contributed by atoms with Crippen LogP contribution in [0.1, 0.15) is 56.9 Å². The van der Waals surface area contributed by atoms with E-state index in [-0.39, 0.29) is 24.9 Å². The van der Waals surface area contributed by atoms with Gasteiger partial charge in [-0.2, -0.15) is 0 Å². The van der Waals surface area contributed by atoms with Crippen LogP contribution < -0.4 is 20.3 Å². The maximum atomic E-state index is 15.2. The summed E-state index contributed by atoms with van der Waals surface area (Å²) in [6, 6.07) is 4.81. The van der Waals surface area contributed by atoms with Gasteiger partial charge in [0.1, 0.15) is 29.9 Å². The Balaban J connectivity index is 1.40. The fourth-order valence-electron chi connectivity index (χ4n) is 5.42. The monoisotopic (exact) mass is 655 g/mol. The van der Waals surface area contributed by atoms with Crippen molar-refractivity contribution in [1.82, 2.24) is 20.6 Å². The van der Waals surface area contributed by atoms with Gasteiger partial charge in [0, 0.05) is 45.1 Å². The van der Waals surface area contributed by atoms with Gasteiger partial charge in [0.05, 0.1) is 36.7 Å². The van der Waals surface area contributed by atoms with E-state index >= 15 is 4.39 Å². The van der Waals surface area contributed by atoms with Gasteiger partial charge in [-0.25, -0.2) is 14.4 Å². The van der Waals surface area contributed by atoms with Crippen molar-refractivity contribution in [2.24, 2.45) is 5.92 Å². The fraction of sp³-hybridized carbons (Fsp3) is 0.645. The first-order valence-corrected chi connectivity index (χ1v) is 15.9. The number of hydrogen-bond acceptors (Lipinski definition) is 11. The van der Waals surface area contributed by atoms with Crippen molar-refractivity contribution in [1.29, 1.82) is 0 Å². The first-order valence-electron chi connectivity index (χ1n) is 15.5. The molecular formula is C31H47ClFN5O7. The average molecular weight is 656 g/mol. The fourth-order valence-corrected chi connectivity index (χ4v) is 5.52. The molecule has 1 aliphatic rings. The van der Waals surface area contributed by atoms with Gasteiger partial charge in [-0.3, -0.25) is 4.79 Å². The number of benzene rings is 1. The SMILES string of the molecule is CC(=O)NCC(CCCNC[C@H](O)[C@@H](O)[C@H](O)[C@H](O)CO)c1ccc(OCCCC2CCN(c3ncc(Cl)cn3)CC2)cc1F. The third-order valence-corrected chi connectivity index (χ3v) is 8.32. The number of nitrogens with zero attached hydrogens (tertiary/aromatic N) is 3. The molecule has 0 spiro atoms. The summed E-state index contributed by atoms with van der Waals surface area (Å²) in [5.74, 6) is 0.802. The lowest BCUT2D eigenvalue weighted by molar-refractivity contribution is -0.119. The molecule has 7 N–H and O–H groups in total. The average Bonchev–Trinajstić information content (AvgIpc) is 3.04. The molecule has 0 saturated carbocycles. The van der Waals surface area contributed by atoms with E-state index in [0.29, 0.717) is 54.2 Å². The first kappa shape index (κ1) is 36.8. The first-order chi connectivity index (χ1) is 21.6. The molecule has 0 aliphatic carbocycles. The van der Waals surface area contributed by atoms with E-state index in [2.05, 4.69) is 25.5 Å². The van der Waals surface area contributed by atoms with Crippen molar-refractivity contribution in [3.05, 3.63) is 47.0 Å². The summed E-state index contributed by atoms with van der Waals surface area (Å²) in [5, 5.41) is 54.3. The van der Waals surface area contributed by atoms with Gasteiger partial charge in [-0.05, 0) is 62.6 Å². The summed E-state index contributed by atoms with van der Waals surface area (Å²) in [6.07, 6.45) is 2.00. The van der Waals surface area contributed by atoms with E-state index in [4.69, 9.17) is 21.4 Å². The largest absolute Gasteiger partial charge is 0.493 e. The number of rotatable bonds is 19. The highest BCUT2D eigenvalue weighted by Crippen LogP contribution is 2.28. The van der Waals surface area contributed by atoms with E-state index in [1.165, 1.54) is 13.0 Å². The summed E-state index contributed by atoms with van der Waals surface area (Å²) in [4.78, 5) is 22.3. The van der Waals surface area contributed by atoms with Crippen LogP contribution in [0.5, 0.6) is 5.75 Å². The minimum absolute atomic E-state index is 0.0648. The molecule has 1 saturated heterocycles. The molecule has 1 aromatic heterocycles. The number of ether oxygens (including phenoxy) is 1. The van der Waals surface area contributed by atoms with Gasteiger partial charge in [0.25, 0.3) is 0 Å². The molecular weight excluding hydrogens is 609 g/mol. The number of nitrogens with one attached hydrogen (secondary N) is 2. The molecule has 1 aromatic carbocycles. The molecule has 3 rings (SSSR count). The lowest BCUT2D eigenvalue weighted by atomic mass is 9.92. The van der Waals surface area contributed by atoms with Crippen LogP contribution >= 0.6 is 11.6 Å². The van der Waals surface area contributed by atoms with Crippen LogP contribution in [0, 0.1) is 11.7 Å². The summed E-state index contributed by atoms with van der Waals surface area (Å²) in [6.45, 7) is 3.51. The van der Waals surface area contributed by atoms with Crippen LogP contribution in [0.25, 0.3) is 0 Å². The third kappa shape index (κ3) is 12.2. The number of aliphatic hydroxyl groups excluding tert-OH is 5. The molecule has 1 fully saturated rings. The third-order valence-electron chi connectivity index (χ3n) is 8.12. The normalized spacial score (nSPS) is 17.4. The van der Waals surface area contributed by atoms with Gasteiger partial charge in [0.2, 0.25) is 11.9 Å². The van der Waals surface area contributed by atoms with Gasteiger partial charge in [0.15, 0.2) is 0 Å². The van der Waals surface area contributed by atoms with Crippen molar-refractivity contribution in [3.63, 3.8) is 0 Å². The highest BCUT2D eigenvalue weighted by molar-refractivity contribution is 6.30. The van der Waals surface area contributed by atoms with E-state index < -0.39 is 36.8 Å². The standard InChI is InChI=1S/C31H47ClFN5O7/c1-20(40)35-15-22(5-2-10-34-18-27(41)29(43)30(44)28(42)19-39)25-7-6-24(14-26(25)33)45-13-3-4-21-8-11-38(12-9-21)31-36-16-23(32)17-37-31/h6-7,14,16-17,21-22,27-30,34,39,41-44H,2-5,8-13,15,18-19H2,1H3,(H,35,40)/t22?,27-,28+,29+,30+/m0/s1. The Morgan fingerprint density at radius 3 is 2.42 bits per heavy atom. The molecule has 2 heterocycles. The Morgan fingerprint density at radius 1 is 1.09 bits per heavy atom. The maximum absolute atomic E-state index is 15.2. The number of amides is 1. The predicted molar refractivity (Wildman–Crippen MR) is 168 cm³/mol. The van der Waals surface area contributed by atoms with E-state index in [1.54, 1.807) is 24.5 Å². The lowest BCUT2D eigenvalue weighted by Crippen LogP contribution is -2.49. The quantitative estimate of drug-likeness (QED) is 0.109. The summed E-state index contributed by atoms with van der Waals surface area (Å²) in [5.41, 5.74) is 0.462. The topological polar surface area (TPSA) is 181 Å². The second-order valence-corrected chi connectivity index (χ2v) is 12.0. The molecule has 1 unspecified atom stereocenters. The minimum Gasteiger partial charge on any atom is -0.493 e. The van der Waals surface area contributed by atoms with Gasteiger partial charge < -0.3 is 45.8 Å². The Labute approximate surface area is 268 Å². The number of halogens is 2. The molecule has 0 radical (unpaired) electrons. The summed E-state index contributed by atoms with van der Waals surface area (Å²) in [7, 11) is 0. The highest BCUT2D eigenvalue weighted by atomic mass is 35.5. The molecule has 14 heteroatoms. The number of anilines is 1. The Hall–Kier alpha value is -2.65. The van der Waals surface area contributed by atoms with E-state index in [1.807, 2.05) is 0 Å². The molecule has 45 heavy (non-hydrogen) atoms. The van der Waals surface area contributed by atoms with E-state index in [0.717, 1.165) is 38.8 Å². The Morgan fingerprint density at radius 2 is 1.78 bits per heavy atom. The van der Waals surface area contributed by atoms with Gasteiger partial charge in [-0.15, -0.1) is 0 Å². The second kappa shape index (κ2) is 19.1. The van der Waals surface area contributed by atoms with Gasteiger partial charge >= 0.3 is 0 Å². The Kier molecular flexibility index (Phi) is 15.6. The number of carbonyl (C=O) groups is 1. The van der Waals surface area contributed by atoms with Crippen LogP contribution in [0.15, 0.2) is 30.6 Å². The Bertz CT molecular complexity index is 1160. The van der Waals surface area contributed by atoms with Crippen LogP contribution in [-0.4, -0.2) is 112 Å². The lowest BCUT2D eigenvalue weighted by Gasteiger charge is -2.32. The van der Waals surface area contributed by atoms with Crippen LogP contribution in [0.2, 0.25) is 5.02 Å². The number of aliphatic hydroxyl groups is 5. The van der Waals surface area contributed by atoms with Gasteiger partial charge in [-0.1, -0.05) is 17.7 Å². The zero-order valence-corrected chi connectivity index (χ0v) is 26.4. The predicted octanol–water partition coefficient (Wildman–Crippen LogP) is 1.37. The van der Waals surface area contributed by atoms with Crippen molar-refractivity contribution in [2.45, 2.75) is 75.8 Å². The van der Waals surface area contributed by atoms with Crippen LogP contribution in [0.3, 0.4) is 0 Å². The molecule has 1 amide bonds. The van der Waals surface area contributed by atoms with Crippen molar-refractivity contribution in [3.8, 4) is 5.75 Å². The van der Waals surface area contributed by atoms with E-state index in [9.17, 15) is 25.2 Å². The number of hydrogen-bond donors (Lipinski definition) is 7. The highest BCUT2D eigenvalue weighted by Gasteiger charge is 2.29. The number of carbonyl (C=O) groups excluding carboxylic acids is 1. The smallest absolute Gasteiger partial charge is 0.225 e. The molecule has 5 atom stereocenters. The van der Waals surface area contributed by atoms with Crippen LogP contribution in [-0.2, 0) is 4.79 Å². The number of aromatic nitrogens is 2. The van der Waals surface area contributed by atoms with Crippen molar-refractivity contribution in [2.75, 3.05) is 50.8 Å². The number of piperidine rings is 1. The molecule has 0 bridgehead atoms. The zero-order valence-electron chi connectivity index (χ0n) is 25.7. The van der Waals surface area contributed by atoms with Crippen molar-refractivity contribution >= 4 is 23.5 Å². The second-order valence-electron chi connectivity index (χ2n) is 11.6. The summed E-state index contributed by atoms with van der Waals surface area (Å²) >= 11 is 5.88. The molecule has 2 aromatic rings. The molecule has 252 valence electrons. The zero-order chi connectivity index (χ0) is 32.8. The summed E-state index contributed by atoms with van der Waals surface area (Å²) < 4.78 is 21.1. The molecule has 12 nitrogen and oxygen atoms in total. The maximum Gasteiger partial charge on any atom is 0.225 e. The van der Waals surface area contributed by atoms with Crippen molar-refractivity contribution < 1.29 is 39.5 Å². The molecule has 1 aliphatic heterocycles.